The first kappa shape index (κ1) is 16.4. The molecule has 1 aromatic rings. The van der Waals surface area contributed by atoms with Crippen molar-refractivity contribution in [2.75, 3.05) is 6.61 Å². The van der Waals surface area contributed by atoms with Gasteiger partial charge in [-0.1, -0.05) is 0 Å². The van der Waals surface area contributed by atoms with Crippen LogP contribution in [0.5, 0.6) is 11.5 Å². The minimum atomic E-state index is -0.621. The molecule has 0 aliphatic carbocycles. The first-order chi connectivity index (χ1) is 10.6. The van der Waals surface area contributed by atoms with E-state index in [4.69, 9.17) is 9.47 Å². The van der Waals surface area contributed by atoms with E-state index in [1.54, 1.807) is 18.7 Å². The second kappa shape index (κ2) is 6.21. The molecule has 3 heterocycles. The minimum Gasteiger partial charge on any atom is -0.657 e. The number of rotatable bonds is 1. The zero-order valence-corrected chi connectivity index (χ0v) is 15.0. The van der Waals surface area contributed by atoms with Gasteiger partial charge in [-0.15, -0.1) is 6.61 Å². The largest absolute Gasteiger partial charge is 0.657 e. The molecule has 1 aromatic carbocycles. The van der Waals surface area contributed by atoms with E-state index in [1.165, 1.54) is 4.90 Å². The number of hydrogen-bond acceptors (Lipinski definition) is 5. The van der Waals surface area contributed by atoms with Crippen molar-refractivity contribution in [2.24, 2.45) is 0 Å². The molecule has 1 radical (unpaired) electrons. The predicted molar refractivity (Wildman–Crippen MR) is 72.9 cm³/mol. The average Bonchev–Trinajstić information content (AvgIpc) is 2.85. The van der Waals surface area contributed by atoms with Crippen molar-refractivity contribution in [3.8, 4) is 11.5 Å². The Morgan fingerprint density at radius 3 is 2.87 bits per heavy atom. The van der Waals surface area contributed by atoms with Crippen molar-refractivity contribution in [3.05, 3.63) is 29.9 Å². The predicted octanol–water partition coefficient (Wildman–Crippen LogP) is 0.378. The number of benzene rings is 1. The third-order valence-corrected chi connectivity index (χ3v) is 4.14. The Morgan fingerprint density at radius 1 is 1.26 bits per heavy atom. The first-order valence-corrected chi connectivity index (χ1v) is 7.07. The number of carbonyl (C=O) groups is 3. The van der Waals surface area contributed by atoms with Crippen molar-refractivity contribution in [3.63, 3.8) is 0 Å². The number of nitrogens with zero attached hydrogens (tertiary/aromatic N) is 1. The molecule has 1 saturated heterocycles. The molecule has 3 aliphatic heterocycles. The summed E-state index contributed by atoms with van der Waals surface area (Å²) in [6.45, 7) is 2.15. The number of carbonyl (C=O) groups excluding carboxylic acids is 3. The smallest absolute Gasteiger partial charge is 0.255 e. The van der Waals surface area contributed by atoms with Gasteiger partial charge < -0.3 is 14.4 Å². The standard InChI is InChI=1S/C15H13N2O5.Y/c18-12-4-2-10(14(19)16-12)17-7-9-8(15(17)20)1-3-11-13(9)22-6-5-21-11;/h1,3,5,10H,2,4,6-7H2,(H,16,18,19);/q-1;/t10-;/m0./s1. The molecule has 3 amide bonds. The van der Waals surface area contributed by atoms with Gasteiger partial charge >= 0.3 is 0 Å². The van der Waals surface area contributed by atoms with Gasteiger partial charge in [0, 0.05) is 50.3 Å². The van der Waals surface area contributed by atoms with Crippen LogP contribution in [0.15, 0.2) is 12.1 Å². The van der Waals surface area contributed by atoms with Crippen LogP contribution >= 0.6 is 0 Å². The molecule has 0 bridgehead atoms. The van der Waals surface area contributed by atoms with E-state index in [9.17, 15) is 14.4 Å². The summed E-state index contributed by atoms with van der Waals surface area (Å²) in [4.78, 5) is 37.3. The summed E-state index contributed by atoms with van der Waals surface area (Å²) in [6.07, 6.45) is 0.584. The number of imide groups is 1. The van der Waals surface area contributed by atoms with Crippen molar-refractivity contribution in [1.29, 1.82) is 0 Å². The fourth-order valence-corrected chi connectivity index (χ4v) is 3.08. The Balaban J connectivity index is 0.00000156. The van der Waals surface area contributed by atoms with Gasteiger partial charge in [0.05, 0.1) is 6.54 Å². The molecule has 117 valence electrons. The zero-order valence-electron chi connectivity index (χ0n) is 12.2. The van der Waals surface area contributed by atoms with E-state index in [-0.39, 0.29) is 57.5 Å². The Hall–Kier alpha value is -1.47. The maximum atomic E-state index is 12.6. The van der Waals surface area contributed by atoms with Crippen LogP contribution in [0, 0.1) is 6.61 Å². The summed E-state index contributed by atoms with van der Waals surface area (Å²) in [5.41, 5.74) is 1.26. The van der Waals surface area contributed by atoms with E-state index < -0.39 is 11.9 Å². The number of hydrogen-bond donors (Lipinski definition) is 1. The zero-order chi connectivity index (χ0) is 15.3. The van der Waals surface area contributed by atoms with Crippen molar-refractivity contribution >= 4 is 17.7 Å². The quantitative estimate of drug-likeness (QED) is 0.554. The van der Waals surface area contributed by atoms with E-state index in [2.05, 4.69) is 5.32 Å². The van der Waals surface area contributed by atoms with E-state index >= 15 is 0 Å². The van der Waals surface area contributed by atoms with Gasteiger partial charge in [-0.25, -0.2) is 0 Å². The van der Waals surface area contributed by atoms with Gasteiger partial charge in [0.2, 0.25) is 11.8 Å². The summed E-state index contributed by atoms with van der Waals surface area (Å²) >= 11 is 0. The number of amides is 3. The monoisotopic (exact) mass is 390 g/mol. The number of piperidine rings is 1. The number of nitrogens with one attached hydrogen (secondary N) is 1. The maximum absolute atomic E-state index is 12.6. The van der Waals surface area contributed by atoms with E-state index in [0.717, 1.165) is 5.56 Å². The van der Waals surface area contributed by atoms with Gasteiger partial charge in [0.1, 0.15) is 11.8 Å². The third kappa shape index (κ3) is 2.66. The topological polar surface area (TPSA) is 84.9 Å². The Bertz CT molecular complexity index is 705. The fraction of sp³-hybridized carbons (Fsp3) is 0.333. The minimum absolute atomic E-state index is 0. The Kier molecular flexibility index (Phi) is 4.42. The first-order valence-electron chi connectivity index (χ1n) is 7.07. The summed E-state index contributed by atoms with van der Waals surface area (Å²) in [7, 11) is 0. The molecule has 7 nitrogen and oxygen atoms in total. The van der Waals surface area contributed by atoms with Crippen LogP contribution in [0.3, 0.4) is 0 Å². The molecular formula is C15H13N2O5Y-. The van der Waals surface area contributed by atoms with Crippen molar-refractivity contribution in [2.45, 2.75) is 25.4 Å². The number of ether oxygens (including phenoxy) is 2. The fourth-order valence-electron chi connectivity index (χ4n) is 3.08. The third-order valence-electron chi connectivity index (χ3n) is 4.14. The molecule has 0 unspecified atom stereocenters. The molecule has 0 spiro atoms. The normalized spacial score (nSPS) is 22.3. The summed E-state index contributed by atoms with van der Waals surface area (Å²) in [6, 6.07) is 2.75. The molecule has 0 aromatic heterocycles. The molecule has 23 heavy (non-hydrogen) atoms. The van der Waals surface area contributed by atoms with E-state index in [0.29, 0.717) is 30.1 Å². The molecular weight excluding hydrogens is 377 g/mol. The van der Waals surface area contributed by atoms with Crippen LogP contribution in [0.4, 0.5) is 0 Å². The van der Waals surface area contributed by atoms with Gasteiger partial charge in [0.15, 0.2) is 5.75 Å². The molecule has 1 fully saturated rings. The van der Waals surface area contributed by atoms with Crippen LogP contribution in [0.2, 0.25) is 0 Å². The second-order valence-corrected chi connectivity index (χ2v) is 5.41. The van der Waals surface area contributed by atoms with Crippen LogP contribution in [0.1, 0.15) is 28.8 Å². The summed E-state index contributed by atoms with van der Waals surface area (Å²) in [5, 5.41) is 2.28. The number of fused-ring (bicyclic) bond motifs is 3. The molecule has 1 N–H and O–H groups in total. The molecule has 3 aliphatic rings. The SMILES string of the molecule is O=C1CC[C@H](N2Cc3c(ccc4c3OC[CH-]O4)C2=O)C(=O)N1.[Y]. The summed E-state index contributed by atoms with van der Waals surface area (Å²) < 4.78 is 11.0. The van der Waals surface area contributed by atoms with Crippen LogP contribution in [-0.4, -0.2) is 35.3 Å². The van der Waals surface area contributed by atoms with Crippen molar-refractivity contribution in [1.82, 2.24) is 10.2 Å². The van der Waals surface area contributed by atoms with E-state index in [1.807, 2.05) is 0 Å². The van der Waals surface area contributed by atoms with Gasteiger partial charge in [0.25, 0.3) is 5.91 Å². The molecule has 4 rings (SSSR count). The van der Waals surface area contributed by atoms with Crippen LogP contribution < -0.4 is 14.8 Å². The molecule has 8 heteroatoms. The van der Waals surface area contributed by atoms with Crippen LogP contribution in [0.25, 0.3) is 0 Å². The molecule has 1 atom stereocenters. The molecule has 0 saturated carbocycles. The average molecular weight is 390 g/mol. The van der Waals surface area contributed by atoms with Crippen LogP contribution in [-0.2, 0) is 48.8 Å². The Morgan fingerprint density at radius 2 is 2.09 bits per heavy atom. The van der Waals surface area contributed by atoms with Gasteiger partial charge in [-0.2, -0.15) is 0 Å². The summed E-state index contributed by atoms with van der Waals surface area (Å²) in [5.74, 6) is 0.198. The van der Waals surface area contributed by atoms with Gasteiger partial charge in [-0.05, 0) is 25.2 Å². The maximum Gasteiger partial charge on any atom is 0.255 e. The van der Waals surface area contributed by atoms with Gasteiger partial charge in [-0.3, -0.25) is 19.7 Å². The van der Waals surface area contributed by atoms with Crippen molar-refractivity contribution < 1.29 is 56.6 Å². The second-order valence-electron chi connectivity index (χ2n) is 5.41. The Labute approximate surface area is 157 Å².